The third kappa shape index (κ3) is 3.94. The van der Waals surface area contributed by atoms with Gasteiger partial charge in [-0.05, 0) is 30.4 Å². The van der Waals surface area contributed by atoms with Crippen LogP contribution in [0.5, 0.6) is 0 Å². The lowest BCUT2D eigenvalue weighted by Gasteiger charge is -2.18. The topological polar surface area (TPSA) is 102 Å². The summed E-state index contributed by atoms with van der Waals surface area (Å²) in [6, 6.07) is 20.8. The third-order valence-corrected chi connectivity index (χ3v) is 7.49. The van der Waals surface area contributed by atoms with Gasteiger partial charge in [0, 0.05) is 35.5 Å². The van der Waals surface area contributed by atoms with Crippen LogP contribution in [0.25, 0.3) is 33.7 Å². The summed E-state index contributed by atoms with van der Waals surface area (Å²) in [5, 5.41) is 23.4. The number of benzene rings is 2. The monoisotopic (exact) mass is 489 g/mol. The smallest absolute Gasteiger partial charge is 0.165 e. The molecule has 1 fully saturated rings. The number of hydrogen-bond donors (Lipinski definition) is 2. The predicted molar refractivity (Wildman–Crippen MR) is 142 cm³/mol. The Morgan fingerprint density at radius 3 is 2.08 bits per heavy atom. The van der Waals surface area contributed by atoms with Crippen LogP contribution in [0.15, 0.2) is 73.3 Å². The molecule has 3 heterocycles. The van der Waals surface area contributed by atoms with Crippen molar-refractivity contribution in [3.8, 4) is 22.5 Å². The first-order valence-corrected chi connectivity index (χ1v) is 12.8. The molecule has 0 bridgehead atoms. The molecule has 2 atom stereocenters. The molecule has 2 N–H and O–H groups in total. The predicted octanol–water partition coefficient (Wildman–Crippen LogP) is 4.79. The molecule has 1 saturated carbocycles. The largest absolute Gasteiger partial charge is 0.396 e. The lowest BCUT2D eigenvalue weighted by Crippen LogP contribution is -2.10. The Morgan fingerprint density at radius 2 is 1.46 bits per heavy atom. The molecule has 7 rings (SSSR count). The maximum Gasteiger partial charge on any atom is 0.165 e. The van der Waals surface area contributed by atoms with Crippen molar-refractivity contribution in [2.45, 2.75) is 43.7 Å². The second kappa shape index (κ2) is 9.05. The van der Waals surface area contributed by atoms with Gasteiger partial charge >= 0.3 is 0 Å². The number of aromatic nitrogens is 6. The molecule has 0 aliphatic heterocycles. The van der Waals surface area contributed by atoms with Crippen LogP contribution in [0.1, 0.15) is 42.2 Å². The molecule has 2 aliphatic rings. The average Bonchev–Trinajstić information content (AvgIpc) is 3.56. The number of rotatable bonds is 7. The van der Waals surface area contributed by atoms with Gasteiger partial charge in [0.2, 0.25) is 0 Å². The zero-order chi connectivity index (χ0) is 24.8. The van der Waals surface area contributed by atoms with E-state index in [1.807, 2.05) is 42.7 Å². The van der Waals surface area contributed by atoms with E-state index in [9.17, 15) is 5.11 Å². The van der Waals surface area contributed by atoms with Crippen LogP contribution < -0.4 is 5.32 Å². The summed E-state index contributed by atoms with van der Waals surface area (Å²) in [5.74, 6) is 0.894. The molecule has 37 heavy (non-hydrogen) atoms. The van der Waals surface area contributed by atoms with Crippen LogP contribution in [0.2, 0.25) is 0 Å². The van der Waals surface area contributed by atoms with Crippen LogP contribution in [-0.4, -0.2) is 47.5 Å². The molecule has 0 amide bonds. The highest BCUT2D eigenvalue weighted by Gasteiger charge is 2.37. The molecule has 2 aromatic carbocycles. The Bertz CT molecular complexity index is 1560. The van der Waals surface area contributed by atoms with E-state index in [2.05, 4.69) is 49.1 Å². The van der Waals surface area contributed by atoms with Gasteiger partial charge in [0.15, 0.2) is 11.5 Å². The minimum atomic E-state index is -0.0234. The highest BCUT2D eigenvalue weighted by molar-refractivity contribution is 5.83. The highest BCUT2D eigenvalue weighted by Crippen LogP contribution is 2.49. The van der Waals surface area contributed by atoms with Crippen molar-refractivity contribution in [3.63, 3.8) is 0 Å². The molecular formula is C29H27N7O. The van der Waals surface area contributed by atoms with Gasteiger partial charge in [0.25, 0.3) is 0 Å². The van der Waals surface area contributed by atoms with E-state index < -0.39 is 0 Å². The zero-order valence-corrected chi connectivity index (χ0v) is 20.3. The standard InChI is InChI=1S/C29H27N7O/c37-15-21-13-20(14-36-17-32-27-28(33-22-11-12-22)30-16-31-29(27)36)23-24(21)26(19-9-5-2-6-10-19)35-34-25(23)18-7-3-1-4-8-18/h1-10,16-17,20-22,37H,11-15H2,(H,30,31,33)/t20-,21+/m0/s1. The maximum absolute atomic E-state index is 10.5. The summed E-state index contributed by atoms with van der Waals surface area (Å²) < 4.78 is 2.11. The van der Waals surface area contributed by atoms with E-state index >= 15 is 0 Å². The van der Waals surface area contributed by atoms with Crippen LogP contribution in [0, 0.1) is 0 Å². The van der Waals surface area contributed by atoms with Gasteiger partial charge in [-0.1, -0.05) is 60.7 Å². The molecule has 2 aliphatic carbocycles. The van der Waals surface area contributed by atoms with E-state index in [0.717, 1.165) is 57.0 Å². The van der Waals surface area contributed by atoms with Crippen molar-refractivity contribution in [2.24, 2.45) is 0 Å². The minimum absolute atomic E-state index is 0.0234. The molecule has 184 valence electrons. The molecule has 5 aromatic rings. The van der Waals surface area contributed by atoms with Gasteiger partial charge in [-0.15, -0.1) is 10.2 Å². The van der Waals surface area contributed by atoms with Gasteiger partial charge in [0.1, 0.15) is 11.8 Å². The number of fused-ring (bicyclic) bond motifs is 2. The first-order valence-electron chi connectivity index (χ1n) is 12.8. The normalized spacial score (nSPS) is 18.7. The van der Waals surface area contributed by atoms with Gasteiger partial charge in [-0.25, -0.2) is 15.0 Å². The van der Waals surface area contributed by atoms with E-state index in [4.69, 9.17) is 10.2 Å². The maximum atomic E-state index is 10.5. The molecule has 8 heteroatoms. The summed E-state index contributed by atoms with van der Waals surface area (Å²) in [6.07, 6.45) is 6.61. The van der Waals surface area contributed by atoms with E-state index in [1.165, 1.54) is 12.8 Å². The minimum Gasteiger partial charge on any atom is -0.396 e. The van der Waals surface area contributed by atoms with E-state index in [1.54, 1.807) is 6.33 Å². The molecule has 0 unspecified atom stereocenters. The van der Waals surface area contributed by atoms with Crippen molar-refractivity contribution in [1.29, 1.82) is 0 Å². The van der Waals surface area contributed by atoms with Crippen molar-refractivity contribution in [3.05, 3.63) is 84.4 Å². The molecule has 8 nitrogen and oxygen atoms in total. The van der Waals surface area contributed by atoms with Crippen LogP contribution in [0.4, 0.5) is 5.82 Å². The van der Waals surface area contributed by atoms with Crippen LogP contribution in [-0.2, 0) is 6.54 Å². The van der Waals surface area contributed by atoms with E-state index in [0.29, 0.717) is 12.6 Å². The second-order valence-electron chi connectivity index (χ2n) is 9.98. The summed E-state index contributed by atoms with van der Waals surface area (Å²) in [7, 11) is 0. The fourth-order valence-electron chi connectivity index (χ4n) is 5.60. The molecule has 3 aromatic heterocycles. The quantitative estimate of drug-likeness (QED) is 0.339. The first kappa shape index (κ1) is 22.1. The zero-order valence-electron chi connectivity index (χ0n) is 20.3. The van der Waals surface area contributed by atoms with Crippen molar-refractivity contribution < 1.29 is 5.11 Å². The van der Waals surface area contributed by atoms with Crippen molar-refractivity contribution in [1.82, 2.24) is 29.7 Å². The Balaban J connectivity index is 1.35. The average molecular weight is 490 g/mol. The van der Waals surface area contributed by atoms with Gasteiger partial charge in [0.05, 0.1) is 24.3 Å². The number of hydrogen-bond acceptors (Lipinski definition) is 7. The second-order valence-corrected chi connectivity index (χ2v) is 9.98. The van der Waals surface area contributed by atoms with Crippen LogP contribution >= 0.6 is 0 Å². The number of imidazole rings is 1. The fraction of sp³-hybridized carbons (Fsp3) is 0.276. The first-order chi connectivity index (χ1) is 18.3. The van der Waals surface area contributed by atoms with Gasteiger partial charge in [-0.3, -0.25) is 0 Å². The number of nitrogens with zero attached hydrogens (tertiary/aromatic N) is 6. The Morgan fingerprint density at radius 1 is 0.811 bits per heavy atom. The lowest BCUT2D eigenvalue weighted by atomic mass is 9.93. The summed E-state index contributed by atoms with van der Waals surface area (Å²) >= 11 is 0. The highest BCUT2D eigenvalue weighted by atomic mass is 16.3. The molecule has 0 spiro atoms. The number of aliphatic hydroxyl groups excluding tert-OH is 1. The van der Waals surface area contributed by atoms with Gasteiger partial charge in [-0.2, -0.15) is 0 Å². The Labute approximate surface area is 214 Å². The molecular weight excluding hydrogens is 462 g/mol. The third-order valence-electron chi connectivity index (χ3n) is 7.49. The summed E-state index contributed by atoms with van der Waals surface area (Å²) in [4.78, 5) is 13.7. The van der Waals surface area contributed by atoms with Crippen molar-refractivity contribution in [2.75, 3.05) is 11.9 Å². The number of nitrogens with one attached hydrogen (secondary N) is 1. The lowest BCUT2D eigenvalue weighted by molar-refractivity contribution is 0.260. The molecule has 0 saturated heterocycles. The number of aliphatic hydroxyl groups is 1. The van der Waals surface area contributed by atoms with Crippen LogP contribution in [0.3, 0.4) is 0 Å². The molecule has 0 radical (unpaired) electrons. The van der Waals surface area contributed by atoms with Crippen molar-refractivity contribution >= 4 is 17.0 Å². The number of anilines is 1. The fourth-order valence-corrected chi connectivity index (χ4v) is 5.60. The Hall–Kier alpha value is -4.17. The Kier molecular flexibility index (Phi) is 5.39. The van der Waals surface area contributed by atoms with E-state index in [-0.39, 0.29) is 18.4 Å². The summed E-state index contributed by atoms with van der Waals surface area (Å²) in [5.41, 5.74) is 7.65. The SMILES string of the molecule is OC[C@H]1C[C@@H](Cn2cnc3c(NC4CC4)ncnc32)c2c(-c3ccccc3)nnc(-c3ccccc3)c21. The van der Waals surface area contributed by atoms with Gasteiger partial charge < -0.3 is 15.0 Å². The summed E-state index contributed by atoms with van der Waals surface area (Å²) in [6.45, 7) is 0.741.